The Morgan fingerprint density at radius 1 is 1.19 bits per heavy atom. The third-order valence-corrected chi connectivity index (χ3v) is 4.25. The fraction of sp³-hybridized carbons (Fsp3) is 0.200. The molecule has 0 saturated carbocycles. The normalized spacial score (nSPS) is 14.9. The summed E-state index contributed by atoms with van der Waals surface area (Å²) in [6.07, 6.45) is 2.43. The first-order valence-electron chi connectivity index (χ1n) is 8.30. The smallest absolute Gasteiger partial charge is 0.363 e. The van der Waals surface area contributed by atoms with E-state index >= 15 is 0 Å². The average molecular weight is 406 g/mol. The number of aliphatic imine (C=N–C) groups is 1. The maximum absolute atomic E-state index is 12.2. The van der Waals surface area contributed by atoms with Crippen LogP contribution in [0.25, 0.3) is 6.08 Å². The van der Waals surface area contributed by atoms with E-state index in [2.05, 4.69) is 4.99 Å². The zero-order chi connectivity index (χ0) is 19.4. The Bertz CT molecular complexity index is 920. The molecule has 0 saturated heterocycles. The summed E-state index contributed by atoms with van der Waals surface area (Å²) in [6, 6.07) is 10.3. The van der Waals surface area contributed by atoms with Crippen molar-refractivity contribution in [2.24, 2.45) is 4.99 Å². The van der Waals surface area contributed by atoms with Gasteiger partial charge in [0.15, 0.2) is 17.2 Å². The van der Waals surface area contributed by atoms with Crippen molar-refractivity contribution in [3.63, 3.8) is 0 Å². The molecule has 1 aliphatic heterocycles. The third kappa shape index (κ3) is 4.43. The molecule has 7 heteroatoms. The van der Waals surface area contributed by atoms with Gasteiger partial charge in [-0.2, -0.15) is 0 Å². The number of hydrogen-bond donors (Lipinski definition) is 0. The summed E-state index contributed by atoms with van der Waals surface area (Å²) < 4.78 is 16.2. The van der Waals surface area contributed by atoms with E-state index in [4.69, 9.17) is 37.4 Å². The highest BCUT2D eigenvalue weighted by Crippen LogP contribution is 2.37. The Kier molecular flexibility index (Phi) is 6.04. The molecule has 0 spiro atoms. The number of ether oxygens (including phenoxy) is 3. The second-order valence-corrected chi connectivity index (χ2v) is 6.57. The molecule has 140 valence electrons. The predicted molar refractivity (Wildman–Crippen MR) is 106 cm³/mol. The lowest BCUT2D eigenvalue weighted by Gasteiger charge is -2.12. The molecule has 0 atom stereocenters. The minimum atomic E-state index is -0.540. The van der Waals surface area contributed by atoms with Crippen molar-refractivity contribution in [3.05, 3.63) is 63.3 Å². The molecular formula is C20H17Cl2NO4. The molecule has 0 fully saturated rings. The summed E-state index contributed by atoms with van der Waals surface area (Å²) in [4.78, 5) is 16.4. The molecule has 2 aromatic rings. The fourth-order valence-corrected chi connectivity index (χ4v) is 2.85. The van der Waals surface area contributed by atoms with Gasteiger partial charge in [0.1, 0.15) is 0 Å². The van der Waals surface area contributed by atoms with E-state index in [9.17, 15) is 4.79 Å². The van der Waals surface area contributed by atoms with Crippen LogP contribution in [0.2, 0.25) is 10.0 Å². The molecule has 3 rings (SSSR count). The van der Waals surface area contributed by atoms with E-state index in [0.29, 0.717) is 39.3 Å². The van der Waals surface area contributed by atoms with Crippen molar-refractivity contribution in [2.75, 3.05) is 13.7 Å². The van der Waals surface area contributed by atoms with E-state index in [1.54, 1.807) is 42.5 Å². The molecular weight excluding hydrogens is 389 g/mol. The van der Waals surface area contributed by atoms with Crippen LogP contribution in [-0.4, -0.2) is 25.6 Å². The Morgan fingerprint density at radius 2 is 1.93 bits per heavy atom. The molecule has 1 aliphatic rings. The number of methoxy groups -OCH3 is 1. The number of esters is 1. The quantitative estimate of drug-likeness (QED) is 0.493. The Labute approximate surface area is 167 Å². The molecule has 0 N–H and O–H groups in total. The van der Waals surface area contributed by atoms with Gasteiger partial charge in [0, 0.05) is 10.6 Å². The van der Waals surface area contributed by atoms with Gasteiger partial charge in [-0.05, 0) is 54.5 Å². The Morgan fingerprint density at radius 3 is 2.59 bits per heavy atom. The number of nitrogens with zero attached hydrogens (tertiary/aromatic N) is 1. The molecule has 5 nitrogen and oxygen atoms in total. The second kappa shape index (κ2) is 8.46. The first-order valence-corrected chi connectivity index (χ1v) is 9.06. The first-order chi connectivity index (χ1) is 13.0. The lowest BCUT2D eigenvalue weighted by Crippen LogP contribution is -2.05. The molecule has 0 aromatic heterocycles. The number of hydrogen-bond acceptors (Lipinski definition) is 5. The van der Waals surface area contributed by atoms with Crippen molar-refractivity contribution >= 4 is 41.1 Å². The van der Waals surface area contributed by atoms with Crippen LogP contribution in [0.5, 0.6) is 11.5 Å². The minimum absolute atomic E-state index is 0.167. The highest BCUT2D eigenvalue weighted by atomic mass is 35.5. The summed E-state index contributed by atoms with van der Waals surface area (Å²) >= 11 is 12.2. The van der Waals surface area contributed by atoms with Crippen LogP contribution < -0.4 is 9.47 Å². The maximum Gasteiger partial charge on any atom is 0.363 e. The van der Waals surface area contributed by atoms with Crippen molar-refractivity contribution in [1.82, 2.24) is 0 Å². The standard InChI is InChI=1S/C20H17Cl2NO4/c1-3-8-26-18-15(22)9-12(11-17(18)25-2)10-16-20(24)27-19(23-16)13-4-6-14(21)7-5-13/h4-7,9-11H,3,8H2,1-2H3/b16-10+. The Hall–Kier alpha value is -2.50. The maximum atomic E-state index is 12.2. The van der Waals surface area contributed by atoms with E-state index in [-0.39, 0.29) is 11.6 Å². The largest absolute Gasteiger partial charge is 0.493 e. The molecule has 0 bridgehead atoms. The van der Waals surface area contributed by atoms with Crippen LogP contribution in [0.1, 0.15) is 24.5 Å². The van der Waals surface area contributed by atoms with Crippen LogP contribution in [0.3, 0.4) is 0 Å². The lowest BCUT2D eigenvalue weighted by atomic mass is 10.1. The predicted octanol–water partition coefficient (Wildman–Crippen LogP) is 5.14. The zero-order valence-electron chi connectivity index (χ0n) is 14.8. The Balaban J connectivity index is 1.92. The monoisotopic (exact) mass is 405 g/mol. The first kappa shape index (κ1) is 19.3. The number of rotatable bonds is 6. The van der Waals surface area contributed by atoms with Gasteiger partial charge in [-0.15, -0.1) is 0 Å². The number of cyclic esters (lactones) is 1. The van der Waals surface area contributed by atoms with E-state index in [0.717, 1.165) is 6.42 Å². The van der Waals surface area contributed by atoms with Crippen molar-refractivity contribution in [3.8, 4) is 11.5 Å². The SMILES string of the molecule is CCCOc1c(Cl)cc(/C=C2/N=C(c3ccc(Cl)cc3)OC2=O)cc1OC. The van der Waals surface area contributed by atoms with Gasteiger partial charge in [0.05, 0.1) is 18.7 Å². The molecule has 0 radical (unpaired) electrons. The number of carbonyl (C=O) groups is 1. The van der Waals surface area contributed by atoms with Crippen LogP contribution in [-0.2, 0) is 9.53 Å². The van der Waals surface area contributed by atoms with Crippen LogP contribution in [0.15, 0.2) is 47.1 Å². The van der Waals surface area contributed by atoms with Gasteiger partial charge in [0.25, 0.3) is 0 Å². The van der Waals surface area contributed by atoms with Gasteiger partial charge in [-0.1, -0.05) is 30.1 Å². The van der Waals surface area contributed by atoms with E-state index in [1.165, 1.54) is 7.11 Å². The van der Waals surface area contributed by atoms with E-state index < -0.39 is 5.97 Å². The molecule has 0 amide bonds. The van der Waals surface area contributed by atoms with Gasteiger partial charge >= 0.3 is 5.97 Å². The van der Waals surface area contributed by atoms with Gasteiger partial charge in [-0.25, -0.2) is 9.79 Å². The van der Waals surface area contributed by atoms with Gasteiger partial charge in [0.2, 0.25) is 5.90 Å². The molecule has 2 aromatic carbocycles. The highest BCUT2D eigenvalue weighted by Gasteiger charge is 2.24. The number of carbonyl (C=O) groups excluding carboxylic acids is 1. The summed E-state index contributed by atoms with van der Waals surface area (Å²) in [5, 5.41) is 0.981. The van der Waals surface area contributed by atoms with Gasteiger partial charge in [-0.3, -0.25) is 0 Å². The molecule has 0 unspecified atom stereocenters. The van der Waals surface area contributed by atoms with Crippen molar-refractivity contribution in [2.45, 2.75) is 13.3 Å². The number of benzene rings is 2. The van der Waals surface area contributed by atoms with Crippen LogP contribution in [0.4, 0.5) is 0 Å². The minimum Gasteiger partial charge on any atom is -0.493 e. The molecule has 27 heavy (non-hydrogen) atoms. The topological polar surface area (TPSA) is 57.1 Å². The fourth-order valence-electron chi connectivity index (χ4n) is 2.45. The van der Waals surface area contributed by atoms with Gasteiger partial charge < -0.3 is 14.2 Å². The van der Waals surface area contributed by atoms with Crippen molar-refractivity contribution < 1.29 is 19.0 Å². The third-order valence-electron chi connectivity index (χ3n) is 3.72. The van der Waals surface area contributed by atoms with Crippen LogP contribution >= 0.6 is 23.2 Å². The van der Waals surface area contributed by atoms with Crippen LogP contribution in [0, 0.1) is 0 Å². The molecule has 1 heterocycles. The zero-order valence-corrected chi connectivity index (χ0v) is 16.3. The average Bonchev–Trinajstić information content (AvgIpc) is 3.01. The summed E-state index contributed by atoms with van der Waals surface area (Å²) in [5.74, 6) is 0.642. The molecule has 0 aliphatic carbocycles. The van der Waals surface area contributed by atoms with E-state index in [1.807, 2.05) is 6.92 Å². The summed E-state index contributed by atoms with van der Waals surface area (Å²) in [6.45, 7) is 2.53. The second-order valence-electron chi connectivity index (χ2n) is 5.73. The number of halogens is 2. The van der Waals surface area contributed by atoms with Crippen molar-refractivity contribution in [1.29, 1.82) is 0 Å². The summed E-state index contributed by atoms with van der Waals surface area (Å²) in [7, 11) is 1.53. The lowest BCUT2D eigenvalue weighted by molar-refractivity contribution is -0.129. The highest BCUT2D eigenvalue weighted by molar-refractivity contribution is 6.32. The summed E-state index contributed by atoms with van der Waals surface area (Å²) in [5.41, 5.74) is 1.48.